The number of benzene rings is 2. The van der Waals surface area contributed by atoms with Crippen molar-refractivity contribution in [2.24, 2.45) is 0 Å². The van der Waals surface area contributed by atoms with Crippen LogP contribution < -0.4 is 10.1 Å². The molecule has 2 aromatic rings. The van der Waals surface area contributed by atoms with Crippen LogP contribution in [0.2, 0.25) is 0 Å². The smallest absolute Gasteiger partial charge is 0.171 e. The predicted molar refractivity (Wildman–Crippen MR) is 78.4 cm³/mol. The molecule has 3 heteroatoms. The van der Waals surface area contributed by atoms with E-state index in [1.165, 1.54) is 0 Å². The highest BCUT2D eigenvalue weighted by molar-refractivity contribution is 6.11. The van der Waals surface area contributed by atoms with Crippen molar-refractivity contribution in [2.75, 3.05) is 13.1 Å². The Morgan fingerprint density at radius 2 is 1.85 bits per heavy atom. The summed E-state index contributed by atoms with van der Waals surface area (Å²) >= 11 is 0. The molecule has 0 unspecified atom stereocenters. The molecule has 0 aliphatic carbocycles. The van der Waals surface area contributed by atoms with Crippen molar-refractivity contribution >= 4 is 16.6 Å². The molecule has 4 rings (SSSR count). The third-order valence-electron chi connectivity index (χ3n) is 4.49. The van der Waals surface area contributed by atoms with E-state index in [4.69, 9.17) is 4.74 Å². The fraction of sp³-hybridized carbons (Fsp3) is 0.353. The van der Waals surface area contributed by atoms with Gasteiger partial charge in [0.05, 0.1) is 12.0 Å². The molecule has 0 atom stereocenters. The molecule has 2 aliphatic rings. The van der Waals surface area contributed by atoms with Gasteiger partial charge in [-0.15, -0.1) is 0 Å². The van der Waals surface area contributed by atoms with E-state index in [1.807, 2.05) is 36.4 Å². The molecule has 0 amide bonds. The molecule has 0 aromatic heterocycles. The van der Waals surface area contributed by atoms with Crippen LogP contribution in [-0.4, -0.2) is 24.5 Å². The van der Waals surface area contributed by atoms with Gasteiger partial charge in [-0.1, -0.05) is 30.3 Å². The minimum absolute atomic E-state index is 0.227. The largest absolute Gasteiger partial charge is 0.486 e. The highest BCUT2D eigenvalue weighted by Crippen LogP contribution is 2.40. The Labute approximate surface area is 117 Å². The maximum Gasteiger partial charge on any atom is 0.171 e. The lowest BCUT2D eigenvalue weighted by molar-refractivity contribution is 0.0191. The van der Waals surface area contributed by atoms with Crippen LogP contribution in [0.15, 0.2) is 36.4 Å². The fourth-order valence-corrected chi connectivity index (χ4v) is 3.44. The second-order valence-corrected chi connectivity index (χ2v) is 5.79. The summed E-state index contributed by atoms with van der Waals surface area (Å²) in [5, 5.41) is 5.45. The minimum atomic E-state index is -0.280. The molecule has 1 spiro atoms. The topological polar surface area (TPSA) is 38.3 Å². The van der Waals surface area contributed by atoms with E-state index in [1.54, 1.807) is 0 Å². The van der Waals surface area contributed by atoms with Crippen molar-refractivity contribution in [1.82, 2.24) is 5.32 Å². The predicted octanol–water partition coefficient (Wildman–Crippen LogP) is 2.93. The molecular weight excluding hydrogens is 250 g/mol. The van der Waals surface area contributed by atoms with E-state index >= 15 is 0 Å². The van der Waals surface area contributed by atoms with Crippen LogP contribution in [0, 0.1) is 0 Å². The normalized spacial score (nSPS) is 20.7. The molecule has 102 valence electrons. The van der Waals surface area contributed by atoms with E-state index < -0.39 is 0 Å². The second-order valence-electron chi connectivity index (χ2n) is 5.79. The van der Waals surface area contributed by atoms with Crippen LogP contribution in [0.4, 0.5) is 0 Å². The molecular formula is C17H17NO2. The molecule has 2 heterocycles. The Bertz CT molecular complexity index is 686. The minimum Gasteiger partial charge on any atom is -0.486 e. The summed E-state index contributed by atoms with van der Waals surface area (Å²) in [5.41, 5.74) is 0.491. The lowest BCUT2D eigenvalue weighted by atomic mass is 9.82. The number of piperidine rings is 1. The lowest BCUT2D eigenvalue weighted by Gasteiger charge is -2.41. The average molecular weight is 267 g/mol. The Hall–Kier alpha value is -1.87. The number of Topliss-reactive ketones (excluding diaryl/α,β-unsaturated/α-hetero) is 1. The summed E-state index contributed by atoms with van der Waals surface area (Å²) in [6.07, 6.45) is 2.33. The quantitative estimate of drug-likeness (QED) is 0.797. The van der Waals surface area contributed by atoms with Crippen LogP contribution in [-0.2, 0) is 0 Å². The summed E-state index contributed by atoms with van der Waals surface area (Å²) in [6.45, 7) is 1.85. The molecule has 1 saturated heterocycles. The van der Waals surface area contributed by atoms with Gasteiger partial charge in [-0.2, -0.15) is 0 Å². The number of fused-ring (bicyclic) bond motifs is 3. The molecule has 2 aliphatic heterocycles. The van der Waals surface area contributed by atoms with Crippen molar-refractivity contribution in [2.45, 2.75) is 24.9 Å². The monoisotopic (exact) mass is 267 g/mol. The molecule has 0 bridgehead atoms. The number of hydrogen-bond donors (Lipinski definition) is 1. The Balaban J connectivity index is 1.85. The molecule has 20 heavy (non-hydrogen) atoms. The van der Waals surface area contributed by atoms with Crippen molar-refractivity contribution in [3.05, 3.63) is 42.0 Å². The SMILES string of the molecule is O=C1CC2(CCNCC2)Oc2ccc3ccccc3c21. The van der Waals surface area contributed by atoms with Crippen LogP contribution in [0.5, 0.6) is 5.75 Å². The van der Waals surface area contributed by atoms with E-state index in [0.29, 0.717) is 6.42 Å². The molecule has 0 saturated carbocycles. The molecule has 1 fully saturated rings. The van der Waals surface area contributed by atoms with Gasteiger partial charge < -0.3 is 10.1 Å². The van der Waals surface area contributed by atoms with Gasteiger partial charge in [0.1, 0.15) is 11.4 Å². The van der Waals surface area contributed by atoms with Gasteiger partial charge in [0.15, 0.2) is 5.78 Å². The van der Waals surface area contributed by atoms with Crippen LogP contribution in [0.25, 0.3) is 10.8 Å². The van der Waals surface area contributed by atoms with Gasteiger partial charge in [0.2, 0.25) is 0 Å². The summed E-state index contributed by atoms with van der Waals surface area (Å²) in [7, 11) is 0. The number of carbonyl (C=O) groups excluding carboxylic acids is 1. The first-order valence-electron chi connectivity index (χ1n) is 7.22. The second kappa shape index (κ2) is 4.32. The number of rotatable bonds is 0. The van der Waals surface area contributed by atoms with Crippen molar-refractivity contribution in [1.29, 1.82) is 0 Å². The molecule has 0 radical (unpaired) electrons. The Morgan fingerprint density at radius 3 is 2.70 bits per heavy atom. The average Bonchev–Trinajstić information content (AvgIpc) is 2.47. The highest BCUT2D eigenvalue weighted by atomic mass is 16.5. The first-order valence-corrected chi connectivity index (χ1v) is 7.22. The summed E-state index contributed by atoms with van der Waals surface area (Å²) in [5.74, 6) is 0.992. The van der Waals surface area contributed by atoms with E-state index in [-0.39, 0.29) is 11.4 Å². The van der Waals surface area contributed by atoms with Crippen molar-refractivity contribution in [3.8, 4) is 5.75 Å². The first kappa shape index (κ1) is 11.9. The third-order valence-corrected chi connectivity index (χ3v) is 4.49. The van der Waals surface area contributed by atoms with Crippen molar-refractivity contribution in [3.63, 3.8) is 0 Å². The molecule has 2 aromatic carbocycles. The summed E-state index contributed by atoms with van der Waals surface area (Å²) in [6, 6.07) is 12.0. The number of ether oxygens (including phenoxy) is 1. The number of ketones is 1. The van der Waals surface area contributed by atoms with Crippen LogP contribution in [0.3, 0.4) is 0 Å². The lowest BCUT2D eigenvalue weighted by Crippen LogP contribution is -2.49. The van der Waals surface area contributed by atoms with E-state index in [9.17, 15) is 4.79 Å². The Morgan fingerprint density at radius 1 is 1.05 bits per heavy atom. The zero-order valence-corrected chi connectivity index (χ0v) is 11.3. The first-order chi connectivity index (χ1) is 9.77. The number of carbonyl (C=O) groups is 1. The van der Waals surface area contributed by atoms with Gasteiger partial charge in [-0.05, 0) is 29.9 Å². The maximum absolute atomic E-state index is 12.7. The number of nitrogens with one attached hydrogen (secondary N) is 1. The summed E-state index contributed by atoms with van der Waals surface area (Å²) < 4.78 is 6.28. The Kier molecular flexibility index (Phi) is 2.57. The van der Waals surface area contributed by atoms with Gasteiger partial charge in [0, 0.05) is 12.8 Å². The highest BCUT2D eigenvalue weighted by Gasteiger charge is 2.41. The third kappa shape index (κ3) is 1.74. The number of hydrogen-bond acceptors (Lipinski definition) is 3. The summed E-state index contributed by atoms with van der Waals surface area (Å²) in [4.78, 5) is 12.7. The standard InChI is InChI=1S/C17H17NO2/c19-14-11-17(7-9-18-10-8-17)20-15-6-5-12-3-1-2-4-13(12)16(14)15/h1-6,18H,7-11H2. The zero-order valence-electron chi connectivity index (χ0n) is 11.3. The van der Waals surface area contributed by atoms with Gasteiger partial charge >= 0.3 is 0 Å². The van der Waals surface area contributed by atoms with E-state index in [2.05, 4.69) is 5.32 Å². The van der Waals surface area contributed by atoms with Gasteiger partial charge in [-0.3, -0.25) is 4.79 Å². The molecule has 3 nitrogen and oxygen atoms in total. The van der Waals surface area contributed by atoms with Crippen LogP contribution in [0.1, 0.15) is 29.6 Å². The van der Waals surface area contributed by atoms with Gasteiger partial charge in [0.25, 0.3) is 0 Å². The maximum atomic E-state index is 12.7. The van der Waals surface area contributed by atoms with Crippen molar-refractivity contribution < 1.29 is 9.53 Å². The zero-order chi connectivity index (χ0) is 13.6. The molecule has 1 N–H and O–H groups in total. The van der Waals surface area contributed by atoms with Gasteiger partial charge in [-0.25, -0.2) is 0 Å². The van der Waals surface area contributed by atoms with E-state index in [0.717, 1.165) is 48.0 Å². The fourth-order valence-electron chi connectivity index (χ4n) is 3.44. The van der Waals surface area contributed by atoms with Crippen LogP contribution >= 0.6 is 0 Å².